The third-order valence-corrected chi connectivity index (χ3v) is 4.95. The molecule has 0 saturated carbocycles. The third-order valence-electron chi connectivity index (χ3n) is 4.95. The minimum atomic E-state index is -0.483. The molecule has 0 unspecified atom stereocenters. The first-order valence-corrected chi connectivity index (χ1v) is 8.75. The molecule has 2 amide bonds. The number of ether oxygens (including phenoxy) is 1. The van der Waals surface area contributed by atoms with Crippen molar-refractivity contribution >= 4 is 11.8 Å². The van der Waals surface area contributed by atoms with Crippen molar-refractivity contribution in [1.29, 1.82) is 0 Å². The quantitative estimate of drug-likeness (QED) is 0.882. The van der Waals surface area contributed by atoms with E-state index in [4.69, 9.17) is 9.15 Å². The number of fused-ring (bicyclic) bond motifs is 1. The van der Waals surface area contributed by atoms with Crippen molar-refractivity contribution in [2.24, 2.45) is 0 Å². The lowest BCUT2D eigenvalue weighted by atomic mass is 9.98. The molecule has 0 aliphatic carbocycles. The maximum absolute atomic E-state index is 12.7. The van der Waals surface area contributed by atoms with Crippen LogP contribution in [0.1, 0.15) is 35.4 Å². The van der Waals surface area contributed by atoms with Gasteiger partial charge in [0.05, 0.1) is 42.9 Å². The van der Waals surface area contributed by atoms with Gasteiger partial charge in [-0.15, -0.1) is 0 Å². The molecule has 0 radical (unpaired) electrons. The van der Waals surface area contributed by atoms with E-state index >= 15 is 0 Å². The number of nitrogens with one attached hydrogen (secondary N) is 1. The van der Waals surface area contributed by atoms with Crippen LogP contribution in [0.25, 0.3) is 0 Å². The van der Waals surface area contributed by atoms with Crippen LogP contribution < -0.4 is 5.32 Å². The van der Waals surface area contributed by atoms with E-state index in [-0.39, 0.29) is 24.0 Å². The Labute approximate surface area is 150 Å². The van der Waals surface area contributed by atoms with Crippen LogP contribution in [0.5, 0.6) is 0 Å². The van der Waals surface area contributed by atoms with Gasteiger partial charge in [-0.25, -0.2) is 0 Å². The molecule has 2 aromatic rings. The lowest BCUT2D eigenvalue weighted by molar-refractivity contribution is -0.143. The fraction of sp³-hybridized carbons (Fsp3) is 0.444. The molecule has 2 aliphatic rings. The molecule has 3 atom stereocenters. The van der Waals surface area contributed by atoms with E-state index in [1.54, 1.807) is 18.4 Å². The molecule has 0 spiro atoms. The van der Waals surface area contributed by atoms with Crippen LogP contribution in [0.3, 0.4) is 0 Å². The van der Waals surface area contributed by atoms with E-state index in [1.165, 1.54) is 12.4 Å². The second-order valence-corrected chi connectivity index (χ2v) is 6.52. The molecule has 4 rings (SSSR count). The van der Waals surface area contributed by atoms with Crippen LogP contribution in [0.2, 0.25) is 0 Å². The number of hydrogen-bond acceptors (Lipinski definition) is 6. The average molecular weight is 356 g/mol. The van der Waals surface area contributed by atoms with E-state index < -0.39 is 6.10 Å². The van der Waals surface area contributed by atoms with Crippen molar-refractivity contribution in [3.8, 4) is 0 Å². The number of rotatable bonds is 4. The highest BCUT2D eigenvalue weighted by Gasteiger charge is 2.43. The predicted octanol–water partition coefficient (Wildman–Crippen LogP) is 1.15. The summed E-state index contributed by atoms with van der Waals surface area (Å²) in [4.78, 5) is 26.8. The number of hydrogen-bond donors (Lipinski definition) is 1. The van der Waals surface area contributed by atoms with E-state index in [2.05, 4.69) is 15.5 Å². The molecule has 4 heterocycles. The summed E-state index contributed by atoms with van der Waals surface area (Å²) in [5.74, 6) is 0.510. The highest BCUT2D eigenvalue weighted by atomic mass is 16.5. The molecule has 8 nitrogen and oxygen atoms in total. The molecular weight excluding hydrogens is 336 g/mol. The van der Waals surface area contributed by atoms with Gasteiger partial charge in [-0.2, -0.15) is 10.2 Å². The first kappa shape index (κ1) is 16.7. The van der Waals surface area contributed by atoms with Crippen LogP contribution in [0.15, 0.2) is 41.3 Å². The smallest absolute Gasteiger partial charge is 0.255 e. The third kappa shape index (κ3) is 3.32. The maximum atomic E-state index is 12.7. The topological polar surface area (TPSA) is 97.6 Å². The summed E-state index contributed by atoms with van der Waals surface area (Å²) in [6.45, 7) is 0.969. The molecule has 2 aliphatic heterocycles. The van der Waals surface area contributed by atoms with Crippen molar-refractivity contribution in [3.63, 3.8) is 0 Å². The predicted molar refractivity (Wildman–Crippen MR) is 89.9 cm³/mol. The van der Waals surface area contributed by atoms with Crippen LogP contribution in [0.4, 0.5) is 0 Å². The van der Waals surface area contributed by atoms with Gasteiger partial charge in [0.25, 0.3) is 5.91 Å². The van der Waals surface area contributed by atoms with Gasteiger partial charge in [0, 0.05) is 6.54 Å². The normalized spacial score (nSPS) is 24.9. The van der Waals surface area contributed by atoms with Gasteiger partial charge in [-0.05, 0) is 37.5 Å². The first-order chi connectivity index (χ1) is 12.7. The van der Waals surface area contributed by atoms with E-state index in [9.17, 15) is 9.59 Å². The Balaban J connectivity index is 1.34. The second kappa shape index (κ2) is 7.25. The molecule has 0 bridgehead atoms. The van der Waals surface area contributed by atoms with Crippen molar-refractivity contribution < 1.29 is 18.7 Å². The second-order valence-electron chi connectivity index (χ2n) is 6.52. The summed E-state index contributed by atoms with van der Waals surface area (Å²) in [7, 11) is 0. The highest BCUT2D eigenvalue weighted by molar-refractivity contribution is 5.94. The summed E-state index contributed by atoms with van der Waals surface area (Å²) in [5, 5.41) is 10.3. The van der Waals surface area contributed by atoms with Gasteiger partial charge in [-0.3, -0.25) is 9.59 Å². The van der Waals surface area contributed by atoms with Crippen LogP contribution in [-0.2, 0) is 16.1 Å². The molecule has 0 aromatic carbocycles. The molecule has 2 fully saturated rings. The Morgan fingerprint density at radius 1 is 1.23 bits per heavy atom. The number of likely N-dealkylation sites (tertiary alicyclic amines) is 1. The molecule has 26 heavy (non-hydrogen) atoms. The lowest BCUT2D eigenvalue weighted by Crippen LogP contribution is -2.48. The number of carbonyl (C=O) groups excluding carboxylic acids is 2. The van der Waals surface area contributed by atoms with Crippen molar-refractivity contribution in [1.82, 2.24) is 20.4 Å². The molecular formula is C18H20N4O4. The fourth-order valence-electron chi connectivity index (χ4n) is 3.66. The zero-order chi connectivity index (χ0) is 17.9. The van der Waals surface area contributed by atoms with E-state index in [0.717, 1.165) is 12.8 Å². The SMILES string of the molecule is O=C(NCc1ccco1)[C@H]1CC[C@@H]2[C@@H](CCN2C(=O)c2ccnnc2)O1. The summed E-state index contributed by atoms with van der Waals surface area (Å²) < 4.78 is 11.2. The summed E-state index contributed by atoms with van der Waals surface area (Å²) in [5.41, 5.74) is 0.527. The van der Waals surface area contributed by atoms with Crippen LogP contribution in [0, 0.1) is 0 Å². The largest absolute Gasteiger partial charge is 0.467 e. The zero-order valence-corrected chi connectivity index (χ0v) is 14.2. The lowest BCUT2D eigenvalue weighted by Gasteiger charge is -2.35. The number of amides is 2. The van der Waals surface area contributed by atoms with E-state index in [0.29, 0.717) is 30.8 Å². The monoisotopic (exact) mass is 356 g/mol. The Kier molecular flexibility index (Phi) is 4.66. The zero-order valence-electron chi connectivity index (χ0n) is 14.2. The maximum Gasteiger partial charge on any atom is 0.255 e. The van der Waals surface area contributed by atoms with Gasteiger partial charge < -0.3 is 19.4 Å². The Morgan fingerprint density at radius 2 is 2.15 bits per heavy atom. The number of aromatic nitrogens is 2. The standard InChI is InChI=1S/C18H20N4O4/c23-17(19-11-13-2-1-9-25-13)16-4-3-14-15(26-16)6-8-22(14)18(24)12-5-7-20-21-10-12/h1-2,5,7,9-10,14-16H,3-4,6,8,11H2,(H,19,23)/t14-,15-,16-/m1/s1. The number of carbonyl (C=O) groups is 2. The van der Waals surface area contributed by atoms with Crippen LogP contribution >= 0.6 is 0 Å². The van der Waals surface area contributed by atoms with Crippen LogP contribution in [-0.4, -0.2) is 51.7 Å². The van der Waals surface area contributed by atoms with Crippen molar-refractivity contribution in [2.75, 3.05) is 6.54 Å². The van der Waals surface area contributed by atoms with Gasteiger partial charge in [-0.1, -0.05) is 0 Å². The summed E-state index contributed by atoms with van der Waals surface area (Å²) in [6, 6.07) is 5.26. The summed E-state index contributed by atoms with van der Waals surface area (Å²) >= 11 is 0. The molecule has 8 heteroatoms. The summed E-state index contributed by atoms with van der Waals surface area (Å²) in [6.07, 6.45) is 6.03. The molecule has 136 valence electrons. The van der Waals surface area contributed by atoms with Gasteiger partial charge in [0.15, 0.2) is 0 Å². The minimum absolute atomic E-state index is 0.00443. The highest BCUT2D eigenvalue weighted by Crippen LogP contribution is 2.32. The van der Waals surface area contributed by atoms with Gasteiger partial charge in [0.1, 0.15) is 11.9 Å². The number of nitrogens with zero attached hydrogens (tertiary/aromatic N) is 3. The molecule has 2 saturated heterocycles. The van der Waals surface area contributed by atoms with Crippen molar-refractivity contribution in [3.05, 3.63) is 48.2 Å². The Bertz CT molecular complexity index is 765. The van der Waals surface area contributed by atoms with Gasteiger partial charge >= 0.3 is 0 Å². The van der Waals surface area contributed by atoms with E-state index in [1.807, 2.05) is 11.0 Å². The molecule has 1 N–H and O–H groups in total. The van der Waals surface area contributed by atoms with Crippen molar-refractivity contribution in [2.45, 2.75) is 44.1 Å². The van der Waals surface area contributed by atoms with Gasteiger partial charge in [0.2, 0.25) is 5.91 Å². The minimum Gasteiger partial charge on any atom is -0.467 e. The first-order valence-electron chi connectivity index (χ1n) is 8.75. The Hall–Kier alpha value is -2.74. The average Bonchev–Trinajstić information content (AvgIpc) is 3.35. The fourth-order valence-corrected chi connectivity index (χ4v) is 3.66. The Morgan fingerprint density at radius 3 is 2.92 bits per heavy atom. The number of furan rings is 1. The molecule has 2 aromatic heterocycles.